The summed E-state index contributed by atoms with van der Waals surface area (Å²) >= 11 is 0. The zero-order valence-electron chi connectivity index (χ0n) is 12.0. The summed E-state index contributed by atoms with van der Waals surface area (Å²) in [6.45, 7) is 9.32. The zero-order valence-corrected chi connectivity index (χ0v) is 13.0. The molecule has 0 unspecified atom stereocenters. The van der Waals surface area contributed by atoms with Crippen LogP contribution in [0.2, 0.25) is 19.6 Å². The third kappa shape index (κ3) is 2.54. The van der Waals surface area contributed by atoms with Crippen LogP contribution in [0.3, 0.4) is 0 Å². The van der Waals surface area contributed by atoms with Gasteiger partial charge in [-0.1, -0.05) is 43.9 Å². The van der Waals surface area contributed by atoms with Gasteiger partial charge in [0.1, 0.15) is 7.05 Å². The minimum atomic E-state index is -1.22. The van der Waals surface area contributed by atoms with Crippen molar-refractivity contribution in [2.75, 3.05) is 0 Å². The first-order valence-corrected chi connectivity index (χ1v) is 9.96. The molecule has 0 saturated carbocycles. The highest BCUT2D eigenvalue weighted by Gasteiger charge is 2.21. The maximum Gasteiger partial charge on any atom is 0.212 e. The van der Waals surface area contributed by atoms with Gasteiger partial charge in [0, 0.05) is 16.8 Å². The lowest BCUT2D eigenvalue weighted by Crippen LogP contribution is -2.44. The zero-order chi connectivity index (χ0) is 13.3. The molecule has 2 aromatic rings. The number of aromatic nitrogens is 1. The van der Waals surface area contributed by atoms with Crippen LogP contribution in [0.4, 0.5) is 0 Å². The largest absolute Gasteiger partial charge is 0.212 e. The number of nitrogens with zero attached hydrogens (tertiary/aromatic N) is 1. The molecule has 94 valence electrons. The summed E-state index contributed by atoms with van der Waals surface area (Å²) in [4.78, 5) is 0. The standard InChI is InChI=1S/C16H22NSi/c1-13-8-6-7-9-15(13)16-11-10-14(12-17(16)2)18(3,4)5/h6-12H,1-5H3/q+1. The Hall–Kier alpha value is -1.41. The van der Waals surface area contributed by atoms with E-state index in [-0.39, 0.29) is 0 Å². The first-order valence-electron chi connectivity index (χ1n) is 6.46. The molecule has 1 nitrogen and oxygen atoms in total. The van der Waals surface area contributed by atoms with Crippen LogP contribution in [-0.2, 0) is 7.05 Å². The summed E-state index contributed by atoms with van der Waals surface area (Å²) in [6.07, 6.45) is 2.30. The Labute approximate surface area is 111 Å². The van der Waals surface area contributed by atoms with E-state index in [1.165, 1.54) is 22.0 Å². The molecule has 1 aromatic carbocycles. The number of rotatable bonds is 2. The van der Waals surface area contributed by atoms with E-state index < -0.39 is 8.07 Å². The van der Waals surface area contributed by atoms with Gasteiger partial charge in [-0.05, 0) is 18.6 Å². The molecule has 0 fully saturated rings. The third-order valence-corrected chi connectivity index (χ3v) is 5.45. The van der Waals surface area contributed by atoms with Crippen LogP contribution in [0.15, 0.2) is 42.6 Å². The van der Waals surface area contributed by atoms with E-state index >= 15 is 0 Å². The van der Waals surface area contributed by atoms with Gasteiger partial charge in [-0.3, -0.25) is 0 Å². The molecule has 0 spiro atoms. The van der Waals surface area contributed by atoms with Crippen molar-refractivity contribution in [3.05, 3.63) is 48.2 Å². The van der Waals surface area contributed by atoms with Crippen LogP contribution in [0.25, 0.3) is 11.3 Å². The molecule has 0 N–H and O–H groups in total. The minimum absolute atomic E-state index is 1.22. The molecule has 0 amide bonds. The van der Waals surface area contributed by atoms with E-state index in [1.54, 1.807) is 0 Å². The van der Waals surface area contributed by atoms with Crippen LogP contribution in [-0.4, -0.2) is 8.07 Å². The summed E-state index contributed by atoms with van der Waals surface area (Å²) in [5.74, 6) is 0. The van der Waals surface area contributed by atoms with E-state index in [9.17, 15) is 0 Å². The van der Waals surface area contributed by atoms with Crippen molar-refractivity contribution < 1.29 is 4.57 Å². The predicted octanol–water partition coefficient (Wildman–Crippen LogP) is 3.03. The molecule has 0 bridgehead atoms. The lowest BCUT2D eigenvalue weighted by molar-refractivity contribution is -0.659. The number of pyridine rings is 1. The Bertz CT molecular complexity index is 568. The maximum atomic E-state index is 2.38. The normalized spacial score (nSPS) is 11.6. The van der Waals surface area contributed by atoms with Crippen LogP contribution in [0.5, 0.6) is 0 Å². The molecule has 2 rings (SSSR count). The average Bonchev–Trinajstić information content (AvgIpc) is 2.29. The molecule has 0 saturated heterocycles. The van der Waals surface area contributed by atoms with Crippen molar-refractivity contribution in [2.45, 2.75) is 26.6 Å². The highest BCUT2D eigenvalue weighted by Crippen LogP contribution is 2.19. The van der Waals surface area contributed by atoms with E-state index in [4.69, 9.17) is 0 Å². The van der Waals surface area contributed by atoms with E-state index in [1.807, 2.05) is 0 Å². The first kappa shape index (κ1) is 13.0. The molecule has 1 heterocycles. The van der Waals surface area contributed by atoms with Crippen LogP contribution >= 0.6 is 0 Å². The number of hydrogen-bond acceptors (Lipinski definition) is 0. The lowest BCUT2D eigenvalue weighted by Gasteiger charge is -2.15. The van der Waals surface area contributed by atoms with Gasteiger partial charge >= 0.3 is 0 Å². The Balaban J connectivity index is 2.52. The molecule has 0 aliphatic carbocycles. The maximum absolute atomic E-state index is 2.38. The first-order chi connectivity index (χ1) is 8.39. The van der Waals surface area contributed by atoms with E-state index in [0.29, 0.717) is 0 Å². The van der Waals surface area contributed by atoms with Gasteiger partial charge in [0.05, 0.1) is 8.07 Å². The van der Waals surface area contributed by atoms with Crippen molar-refractivity contribution in [1.29, 1.82) is 0 Å². The number of hydrogen-bond donors (Lipinski definition) is 0. The van der Waals surface area contributed by atoms with Gasteiger partial charge < -0.3 is 0 Å². The van der Waals surface area contributed by atoms with Gasteiger partial charge in [0.2, 0.25) is 5.69 Å². The Morgan fingerprint density at radius 3 is 2.17 bits per heavy atom. The fraction of sp³-hybridized carbons (Fsp3) is 0.312. The highest BCUT2D eigenvalue weighted by molar-refractivity contribution is 6.88. The number of benzene rings is 1. The molecule has 0 aliphatic heterocycles. The van der Waals surface area contributed by atoms with Crippen molar-refractivity contribution in [3.8, 4) is 11.3 Å². The molecule has 18 heavy (non-hydrogen) atoms. The molecule has 1 aromatic heterocycles. The van der Waals surface area contributed by atoms with E-state index in [0.717, 1.165) is 0 Å². The van der Waals surface area contributed by atoms with Gasteiger partial charge in [-0.25, -0.2) is 4.57 Å². The summed E-state index contributed by atoms with van der Waals surface area (Å²) in [5.41, 5.74) is 3.94. The topological polar surface area (TPSA) is 3.88 Å². The van der Waals surface area contributed by atoms with Crippen LogP contribution < -0.4 is 9.75 Å². The summed E-state index contributed by atoms with van der Waals surface area (Å²) in [5, 5.41) is 1.50. The minimum Gasteiger partial charge on any atom is -0.201 e. The predicted molar refractivity (Wildman–Crippen MR) is 80.8 cm³/mol. The second-order valence-corrected chi connectivity index (χ2v) is 11.1. The molecular weight excluding hydrogens is 234 g/mol. The summed E-state index contributed by atoms with van der Waals surface area (Å²) < 4.78 is 2.26. The fourth-order valence-electron chi connectivity index (χ4n) is 2.19. The van der Waals surface area contributed by atoms with Crippen molar-refractivity contribution in [2.24, 2.45) is 7.05 Å². The molecule has 0 aliphatic rings. The fourth-order valence-corrected chi connectivity index (χ4v) is 3.36. The van der Waals surface area contributed by atoms with Gasteiger partial charge in [0.15, 0.2) is 6.20 Å². The SMILES string of the molecule is Cc1ccccc1-c1ccc([Si](C)(C)C)c[n+]1C. The second-order valence-electron chi connectivity index (χ2n) is 5.98. The van der Waals surface area contributed by atoms with Gasteiger partial charge in [0.25, 0.3) is 0 Å². The Morgan fingerprint density at radius 1 is 0.944 bits per heavy atom. The molecule has 2 heteroatoms. The van der Waals surface area contributed by atoms with Gasteiger partial charge in [-0.2, -0.15) is 0 Å². The van der Waals surface area contributed by atoms with Gasteiger partial charge in [-0.15, -0.1) is 0 Å². The van der Waals surface area contributed by atoms with Crippen molar-refractivity contribution in [3.63, 3.8) is 0 Å². The molecule has 0 radical (unpaired) electrons. The van der Waals surface area contributed by atoms with Crippen LogP contribution in [0, 0.1) is 6.92 Å². The average molecular weight is 256 g/mol. The second kappa shape index (κ2) is 4.69. The molecule has 0 atom stereocenters. The monoisotopic (exact) mass is 256 g/mol. The lowest BCUT2D eigenvalue weighted by atomic mass is 10.1. The smallest absolute Gasteiger partial charge is 0.201 e. The van der Waals surface area contributed by atoms with Crippen LogP contribution in [0.1, 0.15) is 5.56 Å². The Morgan fingerprint density at radius 2 is 1.61 bits per heavy atom. The van der Waals surface area contributed by atoms with E-state index in [2.05, 4.69) is 80.8 Å². The Kier molecular flexibility index (Phi) is 3.40. The van der Waals surface area contributed by atoms with Crippen molar-refractivity contribution in [1.82, 2.24) is 0 Å². The third-order valence-electron chi connectivity index (χ3n) is 3.42. The van der Waals surface area contributed by atoms with Crippen molar-refractivity contribution >= 4 is 13.3 Å². The summed E-state index contributed by atoms with van der Waals surface area (Å²) in [7, 11) is 0.921. The summed E-state index contributed by atoms with van der Waals surface area (Å²) in [6, 6.07) is 13.1. The number of aryl methyl sites for hydroxylation is 2. The molecular formula is C16H22NSi+. The quantitative estimate of drug-likeness (QED) is 0.574. The highest BCUT2D eigenvalue weighted by atomic mass is 28.3.